The number of hydrogen-bond acceptors (Lipinski definition) is 6. The number of rotatable bonds is 5. The van der Waals surface area contributed by atoms with Gasteiger partial charge in [-0.15, -0.1) is 0 Å². The summed E-state index contributed by atoms with van der Waals surface area (Å²) in [6.07, 6.45) is 0.834. The zero-order valence-corrected chi connectivity index (χ0v) is 14.5. The Bertz CT molecular complexity index is 1050. The summed E-state index contributed by atoms with van der Waals surface area (Å²) in [5, 5.41) is 30.0. The van der Waals surface area contributed by atoms with Gasteiger partial charge in [0, 0.05) is 11.3 Å². The summed E-state index contributed by atoms with van der Waals surface area (Å²) >= 11 is 0. The van der Waals surface area contributed by atoms with Gasteiger partial charge in [0.25, 0.3) is 0 Å². The molecular weight excluding hydrogens is 360 g/mol. The number of nitrogens with one attached hydrogen (secondary N) is 2. The largest absolute Gasteiger partial charge is 0.479 e. The summed E-state index contributed by atoms with van der Waals surface area (Å²) < 4.78 is 0. The van der Waals surface area contributed by atoms with E-state index in [1.54, 1.807) is 36.4 Å². The molecule has 0 fully saturated rings. The molecule has 2 aromatic rings. The molecule has 0 bridgehead atoms. The van der Waals surface area contributed by atoms with Crippen LogP contribution in [0.4, 0.5) is 5.69 Å². The van der Waals surface area contributed by atoms with Gasteiger partial charge in [-0.3, -0.25) is 15.1 Å². The molecule has 1 unspecified atom stereocenters. The van der Waals surface area contributed by atoms with Crippen LogP contribution in [0.15, 0.2) is 54.6 Å². The van der Waals surface area contributed by atoms with Gasteiger partial charge in [-0.05, 0) is 42.5 Å². The Labute approximate surface area is 160 Å². The molecule has 1 heterocycles. The second-order valence-corrected chi connectivity index (χ2v) is 6.06. The van der Waals surface area contributed by atoms with Crippen molar-refractivity contribution in [3.05, 3.63) is 71.3 Å². The van der Waals surface area contributed by atoms with Crippen LogP contribution in [0.2, 0.25) is 0 Å². The van der Waals surface area contributed by atoms with E-state index in [0.717, 1.165) is 0 Å². The highest BCUT2D eigenvalue weighted by atomic mass is 16.7. The second kappa shape index (κ2) is 7.62. The van der Waals surface area contributed by atoms with E-state index in [2.05, 4.69) is 10.8 Å². The molecule has 0 radical (unpaired) electrons. The Morgan fingerprint density at radius 2 is 1.82 bits per heavy atom. The number of carbonyl (C=O) groups excluding carboxylic acids is 1. The van der Waals surface area contributed by atoms with Gasteiger partial charge < -0.3 is 10.4 Å². The van der Waals surface area contributed by atoms with Crippen molar-refractivity contribution in [1.82, 2.24) is 5.48 Å². The number of carboxylic acid groups (broad SMARTS) is 1. The fourth-order valence-electron chi connectivity index (χ4n) is 2.68. The van der Waals surface area contributed by atoms with Gasteiger partial charge >= 0.3 is 5.97 Å². The van der Waals surface area contributed by atoms with E-state index in [1.165, 1.54) is 18.2 Å². The van der Waals surface area contributed by atoms with Crippen molar-refractivity contribution in [2.24, 2.45) is 0 Å². The van der Waals surface area contributed by atoms with E-state index in [-0.39, 0.29) is 0 Å². The molecule has 0 aliphatic carbocycles. The van der Waals surface area contributed by atoms with Crippen LogP contribution in [-0.4, -0.2) is 22.6 Å². The molecule has 3 rings (SSSR count). The number of hydroxylamine groups is 1. The summed E-state index contributed by atoms with van der Waals surface area (Å²) in [5.41, 5.74) is 2.84. The first-order valence-corrected chi connectivity index (χ1v) is 8.16. The fraction of sp³-hybridized carbons (Fsp3) is 0.100. The van der Waals surface area contributed by atoms with Crippen molar-refractivity contribution in [2.45, 2.75) is 12.0 Å². The summed E-state index contributed by atoms with van der Waals surface area (Å²) in [7, 11) is 0. The third-order valence-electron chi connectivity index (χ3n) is 4.11. The molecule has 1 aliphatic heterocycles. The fourth-order valence-corrected chi connectivity index (χ4v) is 2.68. The van der Waals surface area contributed by atoms with Crippen LogP contribution in [0.25, 0.3) is 5.70 Å². The first kappa shape index (κ1) is 18.6. The number of carboxylic acids is 1. The number of carbonyl (C=O) groups is 2. The SMILES string of the molecule is N#Cc1ccc(NC(=O)CC2(C(=O)O)C=C(c3cccc(C#N)c3)NO2)cc1. The molecule has 1 atom stereocenters. The van der Waals surface area contributed by atoms with Gasteiger partial charge in [0.1, 0.15) is 0 Å². The molecule has 8 nitrogen and oxygen atoms in total. The van der Waals surface area contributed by atoms with Gasteiger partial charge in [0.2, 0.25) is 11.5 Å². The first-order chi connectivity index (χ1) is 13.5. The number of hydrogen-bond donors (Lipinski definition) is 3. The molecular formula is C20H14N4O4. The van der Waals surface area contributed by atoms with Crippen LogP contribution in [-0.2, 0) is 14.4 Å². The van der Waals surface area contributed by atoms with Crippen LogP contribution < -0.4 is 10.8 Å². The number of aliphatic carboxylic acids is 1. The standard InChI is InChI=1S/C20H14N4O4/c21-11-13-4-6-16(7-5-13)23-18(25)10-20(19(26)27)9-17(24-28-20)15-3-1-2-14(8-15)12-22/h1-9,24H,10H2,(H,23,25)(H,26,27). The lowest BCUT2D eigenvalue weighted by Gasteiger charge is -2.19. The van der Waals surface area contributed by atoms with Crippen molar-refractivity contribution in [3.8, 4) is 12.1 Å². The van der Waals surface area contributed by atoms with E-state index >= 15 is 0 Å². The smallest absolute Gasteiger partial charge is 0.343 e. The Hall–Kier alpha value is -4.14. The summed E-state index contributed by atoms with van der Waals surface area (Å²) in [5.74, 6) is -1.90. The number of benzene rings is 2. The molecule has 2 aromatic carbocycles. The minimum Gasteiger partial charge on any atom is -0.479 e. The zero-order valence-electron chi connectivity index (χ0n) is 14.5. The average Bonchev–Trinajstić information content (AvgIpc) is 3.14. The van der Waals surface area contributed by atoms with E-state index in [1.807, 2.05) is 12.1 Å². The Balaban J connectivity index is 1.79. The number of anilines is 1. The highest BCUT2D eigenvalue weighted by molar-refractivity contribution is 5.97. The van der Waals surface area contributed by atoms with Gasteiger partial charge in [0.15, 0.2) is 0 Å². The lowest BCUT2D eigenvalue weighted by Crippen LogP contribution is -2.42. The van der Waals surface area contributed by atoms with Crippen molar-refractivity contribution in [2.75, 3.05) is 5.32 Å². The third kappa shape index (κ3) is 3.83. The predicted molar refractivity (Wildman–Crippen MR) is 98.1 cm³/mol. The summed E-state index contributed by atoms with van der Waals surface area (Å²) in [4.78, 5) is 29.4. The summed E-state index contributed by atoms with van der Waals surface area (Å²) in [6, 6.07) is 16.7. The van der Waals surface area contributed by atoms with Gasteiger partial charge in [-0.1, -0.05) is 12.1 Å². The molecule has 1 aliphatic rings. The van der Waals surface area contributed by atoms with Crippen molar-refractivity contribution in [3.63, 3.8) is 0 Å². The van der Waals surface area contributed by atoms with Gasteiger partial charge in [0.05, 0.1) is 35.4 Å². The van der Waals surface area contributed by atoms with Crippen molar-refractivity contribution >= 4 is 23.3 Å². The number of nitriles is 2. The van der Waals surface area contributed by atoms with Gasteiger partial charge in [-0.25, -0.2) is 4.79 Å². The van der Waals surface area contributed by atoms with Gasteiger partial charge in [-0.2, -0.15) is 10.5 Å². The minimum absolute atomic E-state index is 0.352. The van der Waals surface area contributed by atoms with Crippen molar-refractivity contribution in [1.29, 1.82) is 10.5 Å². The highest BCUT2D eigenvalue weighted by Gasteiger charge is 2.45. The maximum Gasteiger partial charge on any atom is 0.343 e. The summed E-state index contributed by atoms with van der Waals surface area (Å²) in [6.45, 7) is 0. The first-order valence-electron chi connectivity index (χ1n) is 8.16. The van der Waals surface area contributed by atoms with E-state index in [4.69, 9.17) is 15.4 Å². The molecule has 0 saturated carbocycles. The van der Waals surface area contributed by atoms with Crippen molar-refractivity contribution < 1.29 is 19.5 Å². The van der Waals surface area contributed by atoms with Crippen LogP contribution >= 0.6 is 0 Å². The molecule has 0 aromatic heterocycles. The molecule has 138 valence electrons. The maximum atomic E-state index is 12.4. The minimum atomic E-state index is -1.89. The molecule has 1 amide bonds. The topological polar surface area (TPSA) is 135 Å². The number of amides is 1. The highest BCUT2D eigenvalue weighted by Crippen LogP contribution is 2.30. The van der Waals surface area contributed by atoms with Crippen LogP contribution in [0.3, 0.4) is 0 Å². The monoisotopic (exact) mass is 374 g/mol. The van der Waals surface area contributed by atoms with Crippen LogP contribution in [0, 0.1) is 22.7 Å². The Morgan fingerprint density at radius 1 is 1.11 bits per heavy atom. The van der Waals surface area contributed by atoms with E-state index in [9.17, 15) is 14.7 Å². The average molecular weight is 374 g/mol. The molecule has 0 saturated heterocycles. The number of nitrogens with zero attached hydrogens (tertiary/aromatic N) is 2. The molecule has 8 heteroatoms. The maximum absolute atomic E-state index is 12.4. The molecule has 3 N–H and O–H groups in total. The normalized spacial score (nSPS) is 17.6. The quantitative estimate of drug-likeness (QED) is 0.729. The predicted octanol–water partition coefficient (Wildman–Crippen LogP) is 2.16. The lowest BCUT2D eigenvalue weighted by molar-refractivity contribution is -0.164. The van der Waals surface area contributed by atoms with Crippen LogP contribution in [0.1, 0.15) is 23.1 Å². The van der Waals surface area contributed by atoms with E-state index in [0.29, 0.717) is 28.1 Å². The molecule has 28 heavy (non-hydrogen) atoms. The Morgan fingerprint density at radius 3 is 2.46 bits per heavy atom. The zero-order chi connectivity index (χ0) is 20.1. The second-order valence-electron chi connectivity index (χ2n) is 6.06. The third-order valence-corrected chi connectivity index (χ3v) is 4.11. The van der Waals surface area contributed by atoms with E-state index < -0.39 is 23.9 Å². The molecule has 0 spiro atoms. The van der Waals surface area contributed by atoms with Crippen LogP contribution in [0.5, 0.6) is 0 Å². The lowest BCUT2D eigenvalue weighted by atomic mass is 9.96. The Kier molecular flexibility index (Phi) is 5.07.